The zero-order valence-corrected chi connectivity index (χ0v) is 12.8. The van der Waals surface area contributed by atoms with Gasteiger partial charge in [-0.25, -0.2) is 0 Å². The van der Waals surface area contributed by atoms with Gasteiger partial charge in [0.1, 0.15) is 0 Å². The first-order valence-corrected chi connectivity index (χ1v) is 7.71. The SMILES string of the molecule is O=C(Nc1cccc2n[se]nc12)c1ccc(Br)cn1. The number of amides is 1. The van der Waals surface area contributed by atoms with E-state index in [0.717, 1.165) is 15.5 Å². The van der Waals surface area contributed by atoms with E-state index in [1.54, 1.807) is 18.3 Å². The zero-order valence-electron chi connectivity index (χ0n) is 9.50. The number of carbonyl (C=O) groups excluding carboxylic acids is 1. The third-order valence-corrected chi connectivity index (χ3v) is 4.10. The van der Waals surface area contributed by atoms with Crippen LogP contribution in [0.2, 0.25) is 0 Å². The first-order valence-electron chi connectivity index (χ1n) is 5.38. The summed E-state index contributed by atoms with van der Waals surface area (Å²) in [6, 6.07) is 9.00. The molecular formula is C12H7BrN4OSe. The van der Waals surface area contributed by atoms with Crippen LogP contribution < -0.4 is 5.32 Å². The second kappa shape index (κ2) is 5.20. The van der Waals surface area contributed by atoms with E-state index in [1.807, 2.05) is 18.2 Å². The number of carbonyl (C=O) groups is 1. The molecule has 7 heteroatoms. The molecule has 3 rings (SSSR count). The normalized spacial score (nSPS) is 10.6. The van der Waals surface area contributed by atoms with Crippen molar-refractivity contribution in [3.05, 3.63) is 46.7 Å². The average molecular weight is 382 g/mol. The minimum absolute atomic E-state index is 0.112. The van der Waals surface area contributed by atoms with Crippen molar-refractivity contribution in [2.75, 3.05) is 5.32 Å². The van der Waals surface area contributed by atoms with E-state index >= 15 is 0 Å². The van der Waals surface area contributed by atoms with Crippen molar-refractivity contribution in [1.82, 2.24) is 12.9 Å². The third-order valence-electron chi connectivity index (χ3n) is 2.49. The van der Waals surface area contributed by atoms with E-state index in [2.05, 4.69) is 34.2 Å². The molecule has 0 saturated carbocycles. The predicted molar refractivity (Wildman–Crippen MR) is 76.4 cm³/mol. The molecule has 0 bridgehead atoms. The zero-order chi connectivity index (χ0) is 13.2. The van der Waals surface area contributed by atoms with Gasteiger partial charge in [0.2, 0.25) is 0 Å². The fourth-order valence-electron chi connectivity index (χ4n) is 1.60. The van der Waals surface area contributed by atoms with Crippen LogP contribution in [0, 0.1) is 0 Å². The standard InChI is InChI=1S/C12H7BrN4OSe/c13-7-4-5-10(14-6-7)12(18)15-8-2-1-3-9-11(8)17-19-16-9/h1-6H,(H,15,18). The molecule has 1 aromatic carbocycles. The number of aromatic nitrogens is 3. The summed E-state index contributed by atoms with van der Waals surface area (Å²) in [5, 5.41) is 2.82. The third kappa shape index (κ3) is 2.58. The molecule has 94 valence electrons. The summed E-state index contributed by atoms with van der Waals surface area (Å²) in [4.78, 5) is 16.1. The first-order chi connectivity index (χ1) is 9.24. The van der Waals surface area contributed by atoms with Gasteiger partial charge in [0.05, 0.1) is 0 Å². The molecule has 0 aliphatic rings. The van der Waals surface area contributed by atoms with Crippen molar-refractivity contribution in [2.24, 2.45) is 0 Å². The van der Waals surface area contributed by atoms with Crippen LogP contribution in [0.3, 0.4) is 0 Å². The summed E-state index contributed by atoms with van der Waals surface area (Å²) in [6.07, 6.45) is 1.59. The summed E-state index contributed by atoms with van der Waals surface area (Å²) in [7, 11) is 0. The number of fused-ring (bicyclic) bond motifs is 1. The monoisotopic (exact) mass is 382 g/mol. The fourth-order valence-corrected chi connectivity index (χ4v) is 2.99. The number of hydrogen-bond acceptors (Lipinski definition) is 4. The van der Waals surface area contributed by atoms with E-state index in [-0.39, 0.29) is 20.9 Å². The Morgan fingerprint density at radius 1 is 1.21 bits per heavy atom. The number of nitrogens with one attached hydrogen (secondary N) is 1. The Balaban J connectivity index is 1.90. The second-order valence-corrected chi connectivity index (χ2v) is 5.78. The van der Waals surface area contributed by atoms with Crippen LogP contribution in [0.15, 0.2) is 41.0 Å². The minimum atomic E-state index is -0.254. The van der Waals surface area contributed by atoms with Crippen LogP contribution in [-0.2, 0) is 0 Å². The molecule has 1 amide bonds. The number of hydrogen-bond donors (Lipinski definition) is 1. The van der Waals surface area contributed by atoms with E-state index in [4.69, 9.17) is 0 Å². The van der Waals surface area contributed by atoms with Gasteiger partial charge < -0.3 is 0 Å². The molecule has 0 saturated heterocycles. The molecule has 0 aliphatic heterocycles. The van der Waals surface area contributed by atoms with E-state index in [0.29, 0.717) is 11.4 Å². The van der Waals surface area contributed by atoms with E-state index in [9.17, 15) is 4.79 Å². The summed E-state index contributed by atoms with van der Waals surface area (Å²) < 4.78 is 9.42. The summed E-state index contributed by atoms with van der Waals surface area (Å²) in [5.74, 6) is -0.254. The molecule has 0 spiro atoms. The molecule has 0 aliphatic carbocycles. The van der Waals surface area contributed by atoms with Crippen LogP contribution in [0.4, 0.5) is 5.69 Å². The fraction of sp³-hybridized carbons (Fsp3) is 0. The maximum absolute atomic E-state index is 12.1. The second-order valence-electron chi connectivity index (χ2n) is 3.75. The van der Waals surface area contributed by atoms with Gasteiger partial charge in [0.25, 0.3) is 0 Å². The molecule has 19 heavy (non-hydrogen) atoms. The predicted octanol–water partition coefficient (Wildman–Crippen LogP) is 2.10. The molecule has 0 fully saturated rings. The molecule has 3 aromatic rings. The molecule has 0 atom stereocenters. The van der Waals surface area contributed by atoms with Crippen molar-refractivity contribution < 1.29 is 4.79 Å². The summed E-state index contributed by atoms with van der Waals surface area (Å²) >= 11 is 3.17. The first kappa shape index (κ1) is 12.5. The van der Waals surface area contributed by atoms with Crippen LogP contribution in [-0.4, -0.2) is 33.8 Å². The quantitative estimate of drug-likeness (QED) is 0.690. The topological polar surface area (TPSA) is 67.8 Å². The van der Waals surface area contributed by atoms with Crippen molar-refractivity contribution in [2.45, 2.75) is 0 Å². The van der Waals surface area contributed by atoms with Gasteiger partial charge in [-0.15, -0.1) is 0 Å². The van der Waals surface area contributed by atoms with Crippen LogP contribution in [0.1, 0.15) is 10.5 Å². The number of pyridine rings is 1. The molecule has 0 unspecified atom stereocenters. The Bertz CT molecular complexity index is 741. The number of anilines is 1. The number of benzene rings is 1. The Morgan fingerprint density at radius 3 is 2.89 bits per heavy atom. The number of nitrogens with zero attached hydrogens (tertiary/aromatic N) is 3. The van der Waals surface area contributed by atoms with Gasteiger partial charge in [0.15, 0.2) is 0 Å². The van der Waals surface area contributed by atoms with Crippen molar-refractivity contribution >= 4 is 53.5 Å². The van der Waals surface area contributed by atoms with Gasteiger partial charge in [0, 0.05) is 0 Å². The van der Waals surface area contributed by atoms with Crippen LogP contribution in [0.25, 0.3) is 11.0 Å². The Kier molecular flexibility index (Phi) is 3.42. The van der Waals surface area contributed by atoms with E-state index in [1.165, 1.54) is 0 Å². The van der Waals surface area contributed by atoms with Crippen LogP contribution in [0.5, 0.6) is 0 Å². The molecule has 0 radical (unpaired) electrons. The van der Waals surface area contributed by atoms with Crippen molar-refractivity contribution in [3.63, 3.8) is 0 Å². The van der Waals surface area contributed by atoms with Gasteiger partial charge in [-0.3, -0.25) is 0 Å². The number of rotatable bonds is 2. The Labute approximate surface area is 123 Å². The van der Waals surface area contributed by atoms with E-state index < -0.39 is 0 Å². The van der Waals surface area contributed by atoms with Gasteiger partial charge >= 0.3 is 123 Å². The van der Waals surface area contributed by atoms with Gasteiger partial charge in [-0.1, -0.05) is 0 Å². The molecule has 2 heterocycles. The molecule has 1 N–H and O–H groups in total. The van der Waals surface area contributed by atoms with Crippen molar-refractivity contribution in [3.8, 4) is 0 Å². The molecule has 2 aromatic heterocycles. The Morgan fingerprint density at radius 2 is 2.11 bits per heavy atom. The van der Waals surface area contributed by atoms with Crippen molar-refractivity contribution in [1.29, 1.82) is 0 Å². The molecule has 5 nitrogen and oxygen atoms in total. The number of halogens is 1. The Hall–Kier alpha value is -1.56. The van der Waals surface area contributed by atoms with Gasteiger partial charge in [-0.2, -0.15) is 0 Å². The van der Waals surface area contributed by atoms with Gasteiger partial charge in [-0.05, 0) is 0 Å². The average Bonchev–Trinajstić information content (AvgIpc) is 2.89. The summed E-state index contributed by atoms with van der Waals surface area (Å²) in [6.45, 7) is 0. The maximum atomic E-state index is 12.1. The summed E-state index contributed by atoms with van der Waals surface area (Å²) in [5.41, 5.74) is 2.63. The molecular weight excluding hydrogens is 375 g/mol. The van der Waals surface area contributed by atoms with Crippen LogP contribution >= 0.6 is 15.9 Å².